The zero-order valence-electron chi connectivity index (χ0n) is 27.3. The second kappa shape index (κ2) is 16.8. The summed E-state index contributed by atoms with van der Waals surface area (Å²) in [6.07, 6.45) is 19.3. The first-order valence-electron chi connectivity index (χ1n) is 17.7. The topological polar surface area (TPSA) is 32.7 Å². The summed E-state index contributed by atoms with van der Waals surface area (Å²) in [5.41, 5.74) is 5.21. The first kappa shape index (κ1) is 35.2. The number of amidine groups is 1. The summed E-state index contributed by atoms with van der Waals surface area (Å²) in [6.45, 7) is 0. The molecule has 3 saturated carbocycles. The second-order valence-electron chi connectivity index (χ2n) is 13.7. The van der Waals surface area contributed by atoms with Gasteiger partial charge in [0.15, 0.2) is 0 Å². The van der Waals surface area contributed by atoms with Gasteiger partial charge in [-0.2, -0.15) is 27.0 Å². The molecule has 3 fully saturated rings. The standard InChI is InChI=1S/C40H49N2OP.2H2S/c43-40(32-22-10-3-11-23-32)42-38(31-20-8-2-9-21-31)37(30-18-6-1-7-19-30)41-39(42)35-28-16-17-29-36(35)44(33-24-12-4-13-25-33)34-26-14-5-15-27-34;;/h1-2,6-9,16-21,28-29,32-34,37-38H,3-5,10-15,22-27H2;2*1H2/t37-,38-;;/m0../s1. The molecule has 0 spiro atoms. The lowest BCUT2D eigenvalue weighted by Gasteiger charge is -2.40. The van der Waals surface area contributed by atoms with Gasteiger partial charge in [0.05, 0.1) is 6.04 Å². The third-order valence-corrected chi connectivity index (χ3v) is 14.5. The van der Waals surface area contributed by atoms with Crippen LogP contribution in [0.25, 0.3) is 0 Å². The molecule has 3 aromatic rings. The van der Waals surface area contributed by atoms with Crippen molar-refractivity contribution in [2.45, 2.75) is 120 Å². The SMILES string of the molecule is O=C(C1CCCCC1)N1C(c2ccccc2P(C2CCCCC2)C2CCCCC2)=N[C@@H](c2ccccc2)[C@@H]1c1ccccc1.S.S. The maximum absolute atomic E-state index is 14.9. The van der Waals surface area contributed by atoms with E-state index in [4.69, 9.17) is 4.99 Å². The predicted molar refractivity (Wildman–Crippen MR) is 206 cm³/mol. The Bertz CT molecular complexity index is 1400. The number of carbonyl (C=O) groups excluding carboxylic acids is 1. The summed E-state index contributed by atoms with van der Waals surface area (Å²) in [5, 5.41) is 1.53. The smallest absolute Gasteiger partial charge is 0.231 e. The van der Waals surface area contributed by atoms with Crippen LogP contribution in [-0.2, 0) is 4.79 Å². The first-order valence-corrected chi connectivity index (χ1v) is 19.2. The highest BCUT2D eigenvalue weighted by atomic mass is 32.1. The van der Waals surface area contributed by atoms with Crippen molar-refractivity contribution in [3.8, 4) is 0 Å². The van der Waals surface area contributed by atoms with Gasteiger partial charge >= 0.3 is 0 Å². The van der Waals surface area contributed by atoms with E-state index in [-0.39, 0.29) is 52.9 Å². The van der Waals surface area contributed by atoms with E-state index >= 15 is 0 Å². The fraction of sp³-hybridized carbons (Fsp3) is 0.500. The van der Waals surface area contributed by atoms with E-state index in [1.165, 1.54) is 92.6 Å². The van der Waals surface area contributed by atoms with Gasteiger partial charge in [-0.25, -0.2) is 0 Å². The minimum atomic E-state index is -0.338. The molecule has 2 atom stereocenters. The molecule has 3 aliphatic carbocycles. The Morgan fingerprint density at radius 2 is 1.07 bits per heavy atom. The number of benzene rings is 3. The van der Waals surface area contributed by atoms with E-state index in [2.05, 4.69) is 89.8 Å². The number of amides is 1. The van der Waals surface area contributed by atoms with Gasteiger partial charge in [0.2, 0.25) is 5.91 Å². The van der Waals surface area contributed by atoms with Crippen LogP contribution in [0, 0.1) is 5.92 Å². The number of hydrogen-bond acceptors (Lipinski definition) is 2. The van der Waals surface area contributed by atoms with Crippen LogP contribution >= 0.6 is 34.9 Å². The van der Waals surface area contributed by atoms with Crippen molar-refractivity contribution in [1.29, 1.82) is 0 Å². The van der Waals surface area contributed by atoms with Crippen LogP contribution in [-0.4, -0.2) is 28.0 Å². The number of nitrogens with zero attached hydrogens (tertiary/aromatic N) is 2. The van der Waals surface area contributed by atoms with E-state index in [1.807, 2.05) is 0 Å². The quantitative estimate of drug-likeness (QED) is 0.230. The summed E-state index contributed by atoms with van der Waals surface area (Å²) < 4.78 is 0. The molecule has 1 aliphatic heterocycles. The molecule has 46 heavy (non-hydrogen) atoms. The third-order valence-electron chi connectivity index (χ3n) is 10.9. The predicted octanol–water partition coefficient (Wildman–Crippen LogP) is 10.3. The van der Waals surface area contributed by atoms with Crippen LogP contribution in [0.1, 0.15) is 125 Å². The van der Waals surface area contributed by atoms with E-state index in [0.29, 0.717) is 5.91 Å². The summed E-state index contributed by atoms with van der Waals surface area (Å²) in [5.74, 6) is 1.32. The highest BCUT2D eigenvalue weighted by Crippen LogP contribution is 2.56. The lowest BCUT2D eigenvalue weighted by Crippen LogP contribution is -2.43. The summed E-state index contributed by atoms with van der Waals surface area (Å²) in [7, 11) is -0.338. The molecular weight excluding hydrogens is 620 g/mol. The average Bonchev–Trinajstić information content (AvgIpc) is 3.51. The van der Waals surface area contributed by atoms with Crippen molar-refractivity contribution < 1.29 is 4.79 Å². The second-order valence-corrected chi connectivity index (χ2v) is 16.5. The zero-order chi connectivity index (χ0) is 29.7. The Labute approximate surface area is 292 Å². The van der Waals surface area contributed by atoms with Crippen molar-refractivity contribution >= 4 is 52.0 Å². The Morgan fingerprint density at radius 3 is 1.63 bits per heavy atom. The molecule has 0 radical (unpaired) electrons. The third kappa shape index (κ3) is 7.48. The molecular formula is C40H53N2OPS2. The van der Waals surface area contributed by atoms with Crippen molar-refractivity contribution in [3.05, 3.63) is 102 Å². The van der Waals surface area contributed by atoms with E-state index in [9.17, 15) is 4.79 Å². The van der Waals surface area contributed by atoms with Gasteiger partial charge in [-0.1, -0.05) is 151 Å². The molecule has 0 aromatic heterocycles. The maximum atomic E-state index is 14.9. The molecule has 3 nitrogen and oxygen atoms in total. The normalized spacial score (nSPS) is 23.0. The van der Waals surface area contributed by atoms with Gasteiger partial charge < -0.3 is 0 Å². The summed E-state index contributed by atoms with van der Waals surface area (Å²) >= 11 is 0. The number of rotatable bonds is 7. The fourth-order valence-electron chi connectivity index (χ4n) is 8.71. The summed E-state index contributed by atoms with van der Waals surface area (Å²) in [6, 6.07) is 30.5. The maximum Gasteiger partial charge on any atom is 0.231 e. The Morgan fingerprint density at radius 1 is 0.587 bits per heavy atom. The Hall–Kier alpha value is -2.07. The van der Waals surface area contributed by atoms with Crippen LogP contribution in [0.3, 0.4) is 0 Å². The minimum Gasteiger partial charge on any atom is -0.286 e. The van der Waals surface area contributed by atoms with Crippen LogP contribution in [0.2, 0.25) is 0 Å². The highest BCUT2D eigenvalue weighted by Gasteiger charge is 2.45. The monoisotopic (exact) mass is 672 g/mol. The van der Waals surface area contributed by atoms with Crippen molar-refractivity contribution in [3.63, 3.8) is 0 Å². The average molecular weight is 673 g/mol. The number of carbonyl (C=O) groups is 1. The molecule has 0 unspecified atom stereocenters. The first-order chi connectivity index (χ1) is 21.8. The Kier molecular flexibility index (Phi) is 12.9. The molecule has 4 aliphatic rings. The fourth-order valence-corrected chi connectivity index (χ4v) is 12.6. The van der Waals surface area contributed by atoms with Gasteiger partial charge in [-0.3, -0.25) is 14.7 Å². The van der Waals surface area contributed by atoms with E-state index < -0.39 is 0 Å². The largest absolute Gasteiger partial charge is 0.286 e. The molecule has 7 rings (SSSR count). The lowest BCUT2D eigenvalue weighted by atomic mass is 9.86. The molecule has 1 heterocycles. The molecule has 1 amide bonds. The highest BCUT2D eigenvalue weighted by molar-refractivity contribution is 7.67. The van der Waals surface area contributed by atoms with Crippen molar-refractivity contribution in [2.75, 3.05) is 0 Å². The van der Waals surface area contributed by atoms with E-state index in [0.717, 1.165) is 42.8 Å². The van der Waals surface area contributed by atoms with Gasteiger partial charge in [0, 0.05) is 11.5 Å². The molecule has 3 aromatic carbocycles. The minimum absolute atomic E-state index is 0. The van der Waals surface area contributed by atoms with Crippen molar-refractivity contribution in [2.24, 2.45) is 10.9 Å². The molecule has 0 saturated heterocycles. The molecule has 246 valence electrons. The Balaban J connectivity index is 0.00000208. The van der Waals surface area contributed by atoms with Crippen LogP contribution in [0.5, 0.6) is 0 Å². The van der Waals surface area contributed by atoms with Crippen LogP contribution in [0.4, 0.5) is 0 Å². The number of aliphatic imine (C=N–C) groups is 1. The lowest BCUT2D eigenvalue weighted by molar-refractivity contribution is -0.134. The van der Waals surface area contributed by atoms with Gasteiger partial charge in [0.25, 0.3) is 0 Å². The van der Waals surface area contributed by atoms with Crippen LogP contribution in [0.15, 0.2) is 89.9 Å². The molecule has 0 N–H and O–H groups in total. The molecule has 0 bridgehead atoms. The van der Waals surface area contributed by atoms with Gasteiger partial charge in [-0.15, -0.1) is 0 Å². The number of hydrogen-bond donors (Lipinski definition) is 0. The van der Waals surface area contributed by atoms with Gasteiger partial charge in [-0.05, 0) is 66.3 Å². The zero-order valence-corrected chi connectivity index (χ0v) is 30.2. The molecule has 6 heteroatoms. The summed E-state index contributed by atoms with van der Waals surface area (Å²) in [4.78, 5) is 22.7. The van der Waals surface area contributed by atoms with E-state index in [1.54, 1.807) is 0 Å². The van der Waals surface area contributed by atoms with Crippen LogP contribution < -0.4 is 5.30 Å². The van der Waals surface area contributed by atoms with Gasteiger partial charge in [0.1, 0.15) is 11.9 Å². The van der Waals surface area contributed by atoms with Crippen molar-refractivity contribution in [1.82, 2.24) is 4.90 Å².